The largest absolute Gasteiger partial charge is 0.510 e. The van der Waals surface area contributed by atoms with Crippen LogP contribution in [0, 0.1) is 0 Å². The molecule has 0 bridgehead atoms. The third-order valence-electron chi connectivity index (χ3n) is 3.52. The molecule has 1 N–H and O–H groups in total. The van der Waals surface area contributed by atoms with Gasteiger partial charge in [0.2, 0.25) is 0 Å². The molecule has 1 unspecified atom stereocenters. The van der Waals surface area contributed by atoms with Crippen molar-refractivity contribution in [1.82, 2.24) is 9.13 Å². The van der Waals surface area contributed by atoms with Crippen molar-refractivity contribution in [2.24, 2.45) is 14.1 Å². The molecule has 2 aromatic rings. The molecule has 1 atom stereocenters. The van der Waals surface area contributed by atoms with Crippen LogP contribution < -0.4 is 0 Å². The molecule has 18 heavy (non-hydrogen) atoms. The number of hydrogen-bond acceptors (Lipinski definition) is 2. The van der Waals surface area contributed by atoms with E-state index in [1.807, 2.05) is 59.9 Å². The predicted octanol–water partition coefficient (Wildman–Crippen LogP) is 2.00. The second-order valence-corrected chi connectivity index (χ2v) is 4.61. The number of carbonyl (C=O) groups is 1. The lowest BCUT2D eigenvalue weighted by Gasteiger charge is -2.28. The van der Waals surface area contributed by atoms with E-state index in [2.05, 4.69) is 0 Å². The molecule has 0 fully saturated rings. The number of carbonyl (C=O) groups excluding carboxylic acids is 1. The maximum atomic E-state index is 12.2. The van der Waals surface area contributed by atoms with Gasteiger partial charge < -0.3 is 14.2 Å². The zero-order valence-corrected chi connectivity index (χ0v) is 10.3. The van der Waals surface area contributed by atoms with Crippen molar-refractivity contribution in [2.45, 2.75) is 5.92 Å². The van der Waals surface area contributed by atoms with Gasteiger partial charge in [0.05, 0.1) is 11.3 Å². The Bertz CT molecular complexity index is 661. The van der Waals surface area contributed by atoms with Crippen LogP contribution in [-0.4, -0.2) is 20.0 Å². The summed E-state index contributed by atoms with van der Waals surface area (Å²) in [6.07, 6.45) is 3.73. The highest BCUT2D eigenvalue weighted by molar-refractivity contribution is 6.31. The number of aliphatic hydroxyl groups excluding tert-OH is 1. The fraction of sp³-hybridized carbons (Fsp3) is 0.214. The Labute approximate surface area is 105 Å². The number of aromatic nitrogens is 2. The lowest BCUT2D eigenvalue weighted by atomic mass is 9.78. The number of rotatable bonds is 2. The van der Waals surface area contributed by atoms with Crippen LogP contribution in [0.1, 0.15) is 17.3 Å². The van der Waals surface area contributed by atoms with Crippen LogP contribution in [0.2, 0.25) is 0 Å². The van der Waals surface area contributed by atoms with Crippen LogP contribution in [0.15, 0.2) is 42.4 Å². The van der Waals surface area contributed by atoms with E-state index in [-0.39, 0.29) is 11.5 Å². The van der Waals surface area contributed by atoms with Crippen LogP contribution in [0.25, 0.3) is 5.57 Å². The van der Waals surface area contributed by atoms with Crippen LogP contribution in [0.3, 0.4) is 0 Å². The number of aliphatic hydroxyl groups is 1. The lowest BCUT2D eigenvalue weighted by Crippen LogP contribution is -2.30. The minimum Gasteiger partial charge on any atom is -0.510 e. The van der Waals surface area contributed by atoms with Gasteiger partial charge in [-0.05, 0) is 24.3 Å². The highest BCUT2D eigenvalue weighted by Crippen LogP contribution is 2.42. The SMILES string of the molecule is Cn1cccc1C1=C(O)C(c2cccn2C)C1=O. The Morgan fingerprint density at radius 3 is 2.28 bits per heavy atom. The zero-order chi connectivity index (χ0) is 12.9. The fourth-order valence-corrected chi connectivity index (χ4v) is 2.49. The summed E-state index contributed by atoms with van der Waals surface area (Å²) >= 11 is 0. The highest BCUT2D eigenvalue weighted by atomic mass is 16.3. The van der Waals surface area contributed by atoms with Gasteiger partial charge in [-0.3, -0.25) is 4.79 Å². The molecule has 0 saturated heterocycles. The van der Waals surface area contributed by atoms with E-state index in [4.69, 9.17) is 0 Å². The minimum atomic E-state index is -0.505. The summed E-state index contributed by atoms with van der Waals surface area (Å²) in [6, 6.07) is 7.43. The molecule has 92 valence electrons. The molecule has 4 heteroatoms. The second kappa shape index (κ2) is 3.63. The summed E-state index contributed by atoms with van der Waals surface area (Å²) in [6.45, 7) is 0. The number of aryl methyl sites for hydroxylation is 2. The Morgan fingerprint density at radius 2 is 1.78 bits per heavy atom. The van der Waals surface area contributed by atoms with Gasteiger partial charge in [0.25, 0.3) is 0 Å². The second-order valence-electron chi connectivity index (χ2n) is 4.61. The van der Waals surface area contributed by atoms with Gasteiger partial charge in [-0.2, -0.15) is 0 Å². The van der Waals surface area contributed by atoms with E-state index >= 15 is 0 Å². The van der Waals surface area contributed by atoms with Gasteiger partial charge in [-0.25, -0.2) is 0 Å². The zero-order valence-electron chi connectivity index (χ0n) is 10.3. The number of Topliss-reactive ketones (excluding diaryl/α,β-unsaturated/α-hetero) is 1. The molecule has 1 aliphatic carbocycles. The molecule has 0 aromatic carbocycles. The molecule has 0 aliphatic heterocycles. The number of nitrogens with zero attached hydrogens (tertiary/aromatic N) is 2. The molecule has 4 nitrogen and oxygen atoms in total. The lowest BCUT2D eigenvalue weighted by molar-refractivity contribution is -0.117. The normalized spacial score (nSPS) is 19.2. The predicted molar refractivity (Wildman–Crippen MR) is 68.1 cm³/mol. The molecule has 2 heterocycles. The first-order chi connectivity index (χ1) is 8.61. The van der Waals surface area contributed by atoms with Crippen LogP contribution in [0.4, 0.5) is 0 Å². The molecule has 0 amide bonds. The van der Waals surface area contributed by atoms with Crippen LogP contribution in [0.5, 0.6) is 0 Å². The highest BCUT2D eigenvalue weighted by Gasteiger charge is 2.43. The maximum Gasteiger partial charge on any atom is 0.184 e. The maximum absolute atomic E-state index is 12.2. The third kappa shape index (κ3) is 1.29. The molecular weight excluding hydrogens is 228 g/mol. The molecular formula is C14H14N2O2. The quantitative estimate of drug-likeness (QED) is 0.875. The van der Waals surface area contributed by atoms with Crippen LogP contribution >= 0.6 is 0 Å². The van der Waals surface area contributed by atoms with Gasteiger partial charge in [-0.1, -0.05) is 0 Å². The van der Waals surface area contributed by atoms with Crippen molar-refractivity contribution in [3.8, 4) is 0 Å². The van der Waals surface area contributed by atoms with Crippen molar-refractivity contribution < 1.29 is 9.90 Å². The average molecular weight is 242 g/mol. The van der Waals surface area contributed by atoms with Gasteiger partial charge in [0.15, 0.2) is 5.78 Å². The summed E-state index contributed by atoms with van der Waals surface area (Å²) in [7, 11) is 3.73. The molecule has 0 saturated carbocycles. The summed E-state index contributed by atoms with van der Waals surface area (Å²) < 4.78 is 3.70. The van der Waals surface area contributed by atoms with Gasteiger partial charge in [-0.15, -0.1) is 0 Å². The van der Waals surface area contributed by atoms with E-state index in [0.29, 0.717) is 5.57 Å². The van der Waals surface area contributed by atoms with E-state index in [1.54, 1.807) is 0 Å². The minimum absolute atomic E-state index is 0.0175. The van der Waals surface area contributed by atoms with E-state index in [1.165, 1.54) is 0 Å². The summed E-state index contributed by atoms with van der Waals surface area (Å²) in [5, 5.41) is 10.2. The number of hydrogen-bond donors (Lipinski definition) is 1. The van der Waals surface area contributed by atoms with Gasteiger partial charge in [0.1, 0.15) is 11.7 Å². The number of allylic oxidation sites excluding steroid dienone is 2. The smallest absolute Gasteiger partial charge is 0.184 e. The third-order valence-corrected chi connectivity index (χ3v) is 3.52. The molecule has 3 rings (SSSR count). The topological polar surface area (TPSA) is 47.2 Å². The monoisotopic (exact) mass is 242 g/mol. The Kier molecular flexibility index (Phi) is 2.20. The van der Waals surface area contributed by atoms with Crippen molar-refractivity contribution in [2.75, 3.05) is 0 Å². The van der Waals surface area contributed by atoms with E-state index in [0.717, 1.165) is 11.4 Å². The molecule has 0 radical (unpaired) electrons. The Hall–Kier alpha value is -2.23. The van der Waals surface area contributed by atoms with Crippen molar-refractivity contribution in [3.63, 3.8) is 0 Å². The molecule has 0 spiro atoms. The standard InChI is InChI=1S/C14H14N2O2/c1-15-7-3-5-9(15)11-13(17)12(14(11)18)10-6-4-8-16(10)2/h3-8,11,17H,1-2H3. The Morgan fingerprint density at radius 1 is 1.11 bits per heavy atom. The summed E-state index contributed by atoms with van der Waals surface area (Å²) in [5.41, 5.74) is 2.03. The van der Waals surface area contributed by atoms with E-state index < -0.39 is 5.92 Å². The summed E-state index contributed by atoms with van der Waals surface area (Å²) in [5.74, 6) is -0.352. The fourth-order valence-electron chi connectivity index (χ4n) is 2.49. The van der Waals surface area contributed by atoms with Crippen LogP contribution in [-0.2, 0) is 18.9 Å². The first-order valence-corrected chi connectivity index (χ1v) is 5.81. The first-order valence-electron chi connectivity index (χ1n) is 5.81. The molecule has 2 aromatic heterocycles. The van der Waals surface area contributed by atoms with Crippen molar-refractivity contribution in [1.29, 1.82) is 0 Å². The first kappa shape index (κ1) is 10.9. The van der Waals surface area contributed by atoms with Gasteiger partial charge in [0, 0.05) is 32.2 Å². The van der Waals surface area contributed by atoms with Crippen molar-refractivity contribution in [3.05, 3.63) is 53.8 Å². The average Bonchev–Trinajstić information content (AvgIpc) is 2.91. The van der Waals surface area contributed by atoms with Gasteiger partial charge >= 0.3 is 0 Å². The number of ketones is 1. The summed E-state index contributed by atoms with van der Waals surface area (Å²) in [4.78, 5) is 12.2. The molecule has 1 aliphatic rings. The van der Waals surface area contributed by atoms with Crippen molar-refractivity contribution >= 4 is 11.4 Å². The van der Waals surface area contributed by atoms with E-state index in [9.17, 15) is 9.90 Å². The Balaban J connectivity index is 2.06.